The summed E-state index contributed by atoms with van der Waals surface area (Å²) in [5.41, 5.74) is 5.55. The first kappa shape index (κ1) is 13.9. The second-order valence-corrected chi connectivity index (χ2v) is 5.71. The van der Waals surface area contributed by atoms with Crippen molar-refractivity contribution in [1.29, 1.82) is 0 Å². The van der Waals surface area contributed by atoms with Crippen LogP contribution in [-0.4, -0.2) is 20.2 Å². The molecule has 1 fully saturated rings. The molecule has 3 rings (SSSR count). The SMILES string of the molecule is CC1CCC(n2nnnc2-c2cc(N)c(F)cc2F)CC1. The predicted molar refractivity (Wildman–Crippen MR) is 74.3 cm³/mol. The van der Waals surface area contributed by atoms with Crippen molar-refractivity contribution in [3.63, 3.8) is 0 Å². The van der Waals surface area contributed by atoms with Crippen molar-refractivity contribution >= 4 is 5.69 Å². The van der Waals surface area contributed by atoms with E-state index in [9.17, 15) is 8.78 Å². The lowest BCUT2D eigenvalue weighted by Crippen LogP contribution is -2.19. The number of nitrogens with zero attached hydrogens (tertiary/aromatic N) is 4. The normalized spacial score (nSPS) is 22.4. The van der Waals surface area contributed by atoms with Gasteiger partial charge in [-0.1, -0.05) is 6.92 Å². The van der Waals surface area contributed by atoms with Crippen LogP contribution in [0.25, 0.3) is 11.4 Å². The Kier molecular flexibility index (Phi) is 3.57. The molecule has 0 spiro atoms. The summed E-state index contributed by atoms with van der Waals surface area (Å²) < 4.78 is 28.9. The van der Waals surface area contributed by atoms with Gasteiger partial charge in [-0.25, -0.2) is 13.5 Å². The number of nitrogens with two attached hydrogens (primary N) is 1. The van der Waals surface area contributed by atoms with Crippen LogP contribution in [0.5, 0.6) is 0 Å². The minimum Gasteiger partial charge on any atom is -0.396 e. The highest BCUT2D eigenvalue weighted by Gasteiger charge is 2.25. The lowest BCUT2D eigenvalue weighted by atomic mass is 9.87. The molecule has 1 aliphatic carbocycles. The van der Waals surface area contributed by atoms with Crippen molar-refractivity contribution in [3.8, 4) is 11.4 Å². The van der Waals surface area contributed by atoms with Crippen molar-refractivity contribution in [2.24, 2.45) is 5.92 Å². The Morgan fingerprint density at radius 3 is 2.57 bits per heavy atom. The van der Waals surface area contributed by atoms with Gasteiger partial charge in [-0.2, -0.15) is 0 Å². The van der Waals surface area contributed by atoms with Gasteiger partial charge in [0, 0.05) is 6.07 Å². The van der Waals surface area contributed by atoms with E-state index < -0.39 is 11.6 Å². The van der Waals surface area contributed by atoms with E-state index in [1.54, 1.807) is 4.68 Å². The molecule has 0 radical (unpaired) electrons. The Balaban J connectivity index is 1.97. The molecule has 0 bridgehead atoms. The maximum atomic E-state index is 14.0. The molecule has 5 nitrogen and oxygen atoms in total. The summed E-state index contributed by atoms with van der Waals surface area (Å²) in [4.78, 5) is 0. The van der Waals surface area contributed by atoms with E-state index in [1.807, 2.05) is 0 Å². The highest BCUT2D eigenvalue weighted by molar-refractivity contribution is 5.62. The molecular weight excluding hydrogens is 276 g/mol. The van der Waals surface area contributed by atoms with Crippen LogP contribution in [-0.2, 0) is 0 Å². The minimum atomic E-state index is -0.776. The van der Waals surface area contributed by atoms with Gasteiger partial charge in [-0.15, -0.1) is 5.10 Å². The largest absolute Gasteiger partial charge is 0.396 e. The molecule has 2 aromatic rings. The molecule has 0 amide bonds. The third-order valence-corrected chi connectivity index (χ3v) is 4.15. The van der Waals surface area contributed by atoms with Gasteiger partial charge in [0.2, 0.25) is 0 Å². The average Bonchev–Trinajstić information content (AvgIpc) is 2.93. The fraction of sp³-hybridized carbons (Fsp3) is 0.500. The van der Waals surface area contributed by atoms with Gasteiger partial charge in [-0.3, -0.25) is 0 Å². The fourth-order valence-corrected chi connectivity index (χ4v) is 2.84. The maximum absolute atomic E-state index is 14.0. The first-order chi connectivity index (χ1) is 10.1. The molecule has 1 aromatic heterocycles. The molecule has 1 aromatic carbocycles. The summed E-state index contributed by atoms with van der Waals surface area (Å²) in [5.74, 6) is -0.484. The number of benzene rings is 1. The van der Waals surface area contributed by atoms with E-state index in [2.05, 4.69) is 22.4 Å². The number of tetrazole rings is 1. The molecule has 0 aliphatic heterocycles. The molecule has 1 saturated carbocycles. The van der Waals surface area contributed by atoms with E-state index in [1.165, 1.54) is 6.07 Å². The molecule has 0 saturated heterocycles. The number of aromatic nitrogens is 4. The Morgan fingerprint density at radius 1 is 1.14 bits per heavy atom. The van der Waals surface area contributed by atoms with Gasteiger partial charge in [0.05, 0.1) is 17.3 Å². The molecule has 0 unspecified atom stereocenters. The standard InChI is InChI=1S/C14H17F2N5/c1-8-2-4-9(5-3-8)21-14(18-19-20-21)10-6-13(17)12(16)7-11(10)15/h6-9H,2-5,17H2,1H3. The Hall–Kier alpha value is -2.05. The number of hydrogen-bond acceptors (Lipinski definition) is 4. The van der Waals surface area contributed by atoms with E-state index >= 15 is 0 Å². The van der Waals surface area contributed by atoms with Crippen LogP contribution in [0.4, 0.5) is 14.5 Å². The Morgan fingerprint density at radius 2 is 1.86 bits per heavy atom. The van der Waals surface area contributed by atoms with Crippen LogP contribution in [0, 0.1) is 17.6 Å². The van der Waals surface area contributed by atoms with Crippen LogP contribution in [0.2, 0.25) is 0 Å². The van der Waals surface area contributed by atoms with Gasteiger partial charge < -0.3 is 5.73 Å². The van der Waals surface area contributed by atoms with Crippen LogP contribution in [0.1, 0.15) is 38.6 Å². The second-order valence-electron chi connectivity index (χ2n) is 5.71. The summed E-state index contributed by atoms with van der Waals surface area (Å²) in [6, 6.07) is 2.17. The Labute approximate surface area is 121 Å². The first-order valence-corrected chi connectivity index (χ1v) is 7.09. The van der Waals surface area contributed by atoms with Gasteiger partial charge in [0.1, 0.15) is 11.6 Å². The lowest BCUT2D eigenvalue weighted by molar-refractivity contribution is 0.272. The summed E-state index contributed by atoms with van der Waals surface area (Å²) in [5, 5.41) is 11.5. The van der Waals surface area contributed by atoms with Crippen LogP contribution in [0.15, 0.2) is 12.1 Å². The quantitative estimate of drug-likeness (QED) is 0.864. The smallest absolute Gasteiger partial charge is 0.185 e. The van der Waals surface area contributed by atoms with Crippen LogP contribution < -0.4 is 5.73 Å². The van der Waals surface area contributed by atoms with Gasteiger partial charge in [0.15, 0.2) is 5.82 Å². The molecule has 1 heterocycles. The second kappa shape index (κ2) is 5.38. The molecule has 0 atom stereocenters. The van der Waals surface area contributed by atoms with E-state index in [4.69, 9.17) is 5.73 Å². The fourth-order valence-electron chi connectivity index (χ4n) is 2.84. The number of nitrogen functional groups attached to an aromatic ring is 1. The van der Waals surface area contributed by atoms with E-state index in [0.29, 0.717) is 11.7 Å². The van der Waals surface area contributed by atoms with E-state index in [0.717, 1.165) is 31.7 Å². The van der Waals surface area contributed by atoms with Gasteiger partial charge in [0.25, 0.3) is 0 Å². The van der Waals surface area contributed by atoms with E-state index in [-0.39, 0.29) is 17.3 Å². The molecule has 2 N–H and O–H groups in total. The summed E-state index contributed by atoms with van der Waals surface area (Å²) in [7, 11) is 0. The van der Waals surface area contributed by atoms with Crippen molar-refractivity contribution in [2.75, 3.05) is 5.73 Å². The topological polar surface area (TPSA) is 69.6 Å². The summed E-state index contributed by atoms with van der Waals surface area (Å²) in [6.45, 7) is 2.22. The summed E-state index contributed by atoms with van der Waals surface area (Å²) in [6.07, 6.45) is 4.10. The van der Waals surface area contributed by atoms with Crippen LogP contribution in [0.3, 0.4) is 0 Å². The zero-order valence-corrected chi connectivity index (χ0v) is 11.8. The monoisotopic (exact) mass is 293 g/mol. The zero-order chi connectivity index (χ0) is 15.0. The molecule has 21 heavy (non-hydrogen) atoms. The van der Waals surface area contributed by atoms with Crippen molar-refractivity contribution < 1.29 is 8.78 Å². The van der Waals surface area contributed by atoms with Crippen molar-refractivity contribution in [3.05, 3.63) is 23.8 Å². The molecule has 112 valence electrons. The zero-order valence-electron chi connectivity index (χ0n) is 11.8. The third kappa shape index (κ3) is 2.59. The van der Waals surface area contributed by atoms with Crippen molar-refractivity contribution in [1.82, 2.24) is 20.2 Å². The number of hydrogen-bond donors (Lipinski definition) is 1. The van der Waals surface area contributed by atoms with Crippen molar-refractivity contribution in [2.45, 2.75) is 38.6 Å². The molecule has 1 aliphatic rings. The molecular formula is C14H17F2N5. The lowest BCUT2D eigenvalue weighted by Gasteiger charge is -2.26. The van der Waals surface area contributed by atoms with Gasteiger partial charge >= 0.3 is 0 Å². The average molecular weight is 293 g/mol. The number of rotatable bonds is 2. The third-order valence-electron chi connectivity index (χ3n) is 4.15. The first-order valence-electron chi connectivity index (χ1n) is 7.09. The minimum absolute atomic E-state index is 0.113. The maximum Gasteiger partial charge on any atom is 0.185 e. The summed E-state index contributed by atoms with van der Waals surface area (Å²) >= 11 is 0. The number of halogens is 2. The number of anilines is 1. The highest BCUT2D eigenvalue weighted by Crippen LogP contribution is 2.34. The molecule has 7 heteroatoms. The Bertz CT molecular complexity index is 647. The predicted octanol–water partition coefficient (Wildman–Crippen LogP) is 2.95. The highest BCUT2D eigenvalue weighted by atomic mass is 19.1. The van der Waals surface area contributed by atoms with Crippen LogP contribution >= 0.6 is 0 Å². The van der Waals surface area contributed by atoms with Gasteiger partial charge in [-0.05, 0) is 48.1 Å².